The van der Waals surface area contributed by atoms with Gasteiger partial charge in [-0.25, -0.2) is 4.79 Å². The zero-order valence-corrected chi connectivity index (χ0v) is 16.1. The van der Waals surface area contributed by atoms with Gasteiger partial charge in [0.15, 0.2) is 23.9 Å². The first kappa shape index (κ1) is 20.7. The summed E-state index contributed by atoms with van der Waals surface area (Å²) in [5, 5.41) is 2.95. The highest BCUT2D eigenvalue weighted by atomic mass is 16.6. The van der Waals surface area contributed by atoms with Gasteiger partial charge in [-0.1, -0.05) is 25.7 Å². The van der Waals surface area contributed by atoms with Crippen molar-refractivity contribution in [1.29, 1.82) is 0 Å². The molecule has 0 heterocycles. The summed E-state index contributed by atoms with van der Waals surface area (Å²) in [6.07, 6.45) is 5.95. The lowest BCUT2D eigenvalue weighted by Crippen LogP contribution is -2.42. The quantitative estimate of drug-likeness (QED) is 0.446. The fourth-order valence-corrected chi connectivity index (χ4v) is 3.27. The molecule has 0 spiro atoms. The zero-order valence-electron chi connectivity index (χ0n) is 16.1. The third-order valence-corrected chi connectivity index (χ3v) is 4.76. The Hall–Kier alpha value is -2.57. The molecule has 0 unspecified atom stereocenters. The number of esters is 1. The van der Waals surface area contributed by atoms with E-state index in [1.165, 1.54) is 46.1 Å². The molecule has 0 bridgehead atoms. The largest absolute Gasteiger partial charge is 0.493 e. The number of ether oxygens (including phenoxy) is 3. The number of benzene rings is 1. The van der Waals surface area contributed by atoms with E-state index in [1.54, 1.807) is 0 Å². The highest BCUT2D eigenvalue weighted by Crippen LogP contribution is 2.33. The van der Waals surface area contributed by atoms with Crippen molar-refractivity contribution in [2.24, 2.45) is 0 Å². The van der Waals surface area contributed by atoms with Crippen molar-refractivity contribution in [3.05, 3.63) is 23.3 Å². The van der Waals surface area contributed by atoms with Crippen LogP contribution in [0.4, 0.5) is 0 Å². The van der Waals surface area contributed by atoms with E-state index in [4.69, 9.17) is 14.2 Å². The van der Waals surface area contributed by atoms with Crippen LogP contribution in [0.1, 0.15) is 66.2 Å². The molecule has 1 N–H and O–H groups in total. The summed E-state index contributed by atoms with van der Waals surface area (Å²) in [5.41, 5.74) is 0.0509. The van der Waals surface area contributed by atoms with Gasteiger partial charge in [-0.15, -0.1) is 0 Å². The Bertz CT molecular complexity index is 679. The molecule has 2 rings (SSSR count). The van der Waals surface area contributed by atoms with Crippen LogP contribution < -0.4 is 14.8 Å². The summed E-state index contributed by atoms with van der Waals surface area (Å²) < 4.78 is 15.7. The van der Waals surface area contributed by atoms with Crippen LogP contribution in [0.2, 0.25) is 0 Å². The first-order chi connectivity index (χ1) is 13.0. The molecule has 0 saturated heterocycles. The number of hydrogen-bond acceptors (Lipinski definition) is 6. The molecule has 1 atom stereocenters. The minimum absolute atomic E-state index is 0.0547. The van der Waals surface area contributed by atoms with Crippen molar-refractivity contribution < 1.29 is 28.6 Å². The average Bonchev–Trinajstić information content (AvgIpc) is 2.94. The van der Waals surface area contributed by atoms with Gasteiger partial charge in [-0.3, -0.25) is 9.59 Å². The number of rotatable bonds is 7. The van der Waals surface area contributed by atoms with Gasteiger partial charge in [0.25, 0.3) is 5.91 Å². The topological polar surface area (TPSA) is 90.9 Å². The summed E-state index contributed by atoms with van der Waals surface area (Å²) >= 11 is 0. The van der Waals surface area contributed by atoms with E-state index >= 15 is 0 Å². The molecule has 1 fully saturated rings. The van der Waals surface area contributed by atoms with Crippen molar-refractivity contribution in [1.82, 2.24) is 5.32 Å². The molecule has 0 radical (unpaired) electrons. The number of carbonyl (C=O) groups is 3. The van der Waals surface area contributed by atoms with Gasteiger partial charge in [-0.2, -0.15) is 0 Å². The van der Waals surface area contributed by atoms with E-state index in [0.29, 0.717) is 12.0 Å². The second-order valence-corrected chi connectivity index (χ2v) is 6.63. The molecule has 1 aliphatic rings. The van der Waals surface area contributed by atoms with Crippen LogP contribution in [0.5, 0.6) is 11.5 Å². The number of methoxy groups -OCH3 is 2. The molecular weight excluding hydrogens is 350 g/mol. The van der Waals surface area contributed by atoms with Crippen LogP contribution in [0.15, 0.2) is 12.1 Å². The highest BCUT2D eigenvalue weighted by Gasteiger charge is 2.27. The van der Waals surface area contributed by atoms with Gasteiger partial charge in [0, 0.05) is 11.6 Å². The molecule has 7 nitrogen and oxygen atoms in total. The molecule has 27 heavy (non-hydrogen) atoms. The first-order valence-electron chi connectivity index (χ1n) is 9.23. The maximum atomic E-state index is 12.6. The summed E-state index contributed by atoms with van der Waals surface area (Å²) in [6.45, 7) is 1.51. The lowest BCUT2D eigenvalue weighted by molar-refractivity contribution is -0.129. The van der Waals surface area contributed by atoms with Crippen molar-refractivity contribution in [3.8, 4) is 11.5 Å². The van der Waals surface area contributed by atoms with Crippen molar-refractivity contribution in [2.75, 3.05) is 14.2 Å². The number of nitrogens with one attached hydrogen (secondary N) is 1. The predicted molar refractivity (Wildman–Crippen MR) is 99.4 cm³/mol. The molecule has 1 aromatic carbocycles. The van der Waals surface area contributed by atoms with Crippen LogP contribution >= 0.6 is 0 Å². The van der Waals surface area contributed by atoms with Crippen LogP contribution in [-0.4, -0.2) is 44.5 Å². The molecule has 1 amide bonds. The monoisotopic (exact) mass is 377 g/mol. The molecule has 1 aromatic rings. The first-order valence-corrected chi connectivity index (χ1v) is 9.23. The van der Waals surface area contributed by atoms with E-state index in [1.807, 2.05) is 0 Å². The fraction of sp³-hybridized carbons (Fsp3) is 0.550. The zero-order chi connectivity index (χ0) is 19.8. The Balaban J connectivity index is 2.11. The molecule has 1 saturated carbocycles. The maximum Gasteiger partial charge on any atom is 0.343 e. The number of hydrogen-bond donors (Lipinski definition) is 1. The molecule has 1 aliphatic carbocycles. The van der Waals surface area contributed by atoms with Crippen LogP contribution in [0.25, 0.3) is 0 Å². The minimum atomic E-state index is -0.990. The molecule has 0 aromatic heterocycles. The number of amides is 1. The van der Waals surface area contributed by atoms with Crippen molar-refractivity contribution in [2.45, 2.75) is 57.6 Å². The summed E-state index contributed by atoms with van der Waals surface area (Å²) in [5.74, 6) is -0.754. The third kappa shape index (κ3) is 5.21. The van der Waals surface area contributed by atoms with Crippen molar-refractivity contribution in [3.63, 3.8) is 0 Å². The van der Waals surface area contributed by atoms with Crippen LogP contribution in [0, 0.1) is 0 Å². The number of aldehydes is 1. The maximum absolute atomic E-state index is 12.6. The Morgan fingerprint density at radius 3 is 2.33 bits per heavy atom. The van der Waals surface area contributed by atoms with Gasteiger partial charge in [-0.05, 0) is 31.9 Å². The Morgan fingerprint density at radius 2 is 1.78 bits per heavy atom. The number of carbonyl (C=O) groups excluding carboxylic acids is 3. The van der Waals surface area contributed by atoms with E-state index in [-0.39, 0.29) is 28.8 Å². The van der Waals surface area contributed by atoms with Crippen LogP contribution in [0.3, 0.4) is 0 Å². The summed E-state index contributed by atoms with van der Waals surface area (Å²) in [7, 11) is 2.79. The Morgan fingerprint density at radius 1 is 1.11 bits per heavy atom. The standard InChI is InChI=1S/C20H27NO6/c1-13(19(23)21-15-8-6-4-5-7-9-15)27-20(24)17-14(12-22)10-11-16(25-2)18(17)26-3/h10-13,15H,4-9H2,1-3H3,(H,21,23)/t13-/m0/s1. The SMILES string of the molecule is COc1ccc(C=O)c(C(=O)O[C@@H](C)C(=O)NC2CCCCCC2)c1OC. The van der Waals surface area contributed by atoms with E-state index < -0.39 is 12.1 Å². The van der Waals surface area contributed by atoms with E-state index in [9.17, 15) is 14.4 Å². The van der Waals surface area contributed by atoms with Gasteiger partial charge < -0.3 is 19.5 Å². The minimum Gasteiger partial charge on any atom is -0.493 e. The van der Waals surface area contributed by atoms with E-state index in [2.05, 4.69) is 5.32 Å². The molecule has 7 heteroatoms. The highest BCUT2D eigenvalue weighted by molar-refractivity contribution is 6.02. The normalized spacial score (nSPS) is 16.0. The second-order valence-electron chi connectivity index (χ2n) is 6.63. The van der Waals surface area contributed by atoms with Gasteiger partial charge in [0.05, 0.1) is 14.2 Å². The summed E-state index contributed by atoms with van der Waals surface area (Å²) in [4.78, 5) is 36.4. The fourth-order valence-electron chi connectivity index (χ4n) is 3.27. The smallest absolute Gasteiger partial charge is 0.343 e. The molecular formula is C20H27NO6. The van der Waals surface area contributed by atoms with Gasteiger partial charge in [0.1, 0.15) is 5.56 Å². The predicted octanol–water partition coefficient (Wildman–Crippen LogP) is 2.90. The van der Waals surface area contributed by atoms with Gasteiger partial charge in [0.2, 0.25) is 0 Å². The molecule has 148 valence electrons. The Labute approximate surface area is 159 Å². The Kier molecular flexibility index (Phi) is 7.64. The second kappa shape index (κ2) is 9.94. The summed E-state index contributed by atoms with van der Waals surface area (Å²) in [6, 6.07) is 3.08. The van der Waals surface area contributed by atoms with Crippen molar-refractivity contribution >= 4 is 18.2 Å². The third-order valence-electron chi connectivity index (χ3n) is 4.76. The van der Waals surface area contributed by atoms with Crippen LogP contribution in [-0.2, 0) is 9.53 Å². The van der Waals surface area contributed by atoms with Gasteiger partial charge >= 0.3 is 5.97 Å². The lowest BCUT2D eigenvalue weighted by Gasteiger charge is -2.20. The average molecular weight is 377 g/mol. The lowest BCUT2D eigenvalue weighted by atomic mass is 10.1. The van der Waals surface area contributed by atoms with E-state index in [0.717, 1.165) is 25.7 Å². The molecule has 0 aliphatic heterocycles.